The molecule has 3 heterocycles. The van der Waals surface area contributed by atoms with E-state index in [9.17, 15) is 4.79 Å². The molecule has 1 aliphatic carbocycles. The van der Waals surface area contributed by atoms with Gasteiger partial charge in [0.05, 0.1) is 5.69 Å². The van der Waals surface area contributed by atoms with Gasteiger partial charge in [-0.15, -0.1) is 0 Å². The first-order valence-corrected chi connectivity index (χ1v) is 8.97. The van der Waals surface area contributed by atoms with Gasteiger partial charge in [0, 0.05) is 49.2 Å². The smallest absolute Gasteiger partial charge is 0.289 e. The predicted octanol–water partition coefficient (Wildman–Crippen LogP) is 2.34. The molecule has 1 spiro atoms. The normalized spacial score (nSPS) is 23.9. The third kappa shape index (κ3) is 2.49. The van der Waals surface area contributed by atoms with Crippen LogP contribution in [0.3, 0.4) is 0 Å². The molecule has 4 rings (SSSR count). The molecule has 0 aromatic carbocycles. The van der Waals surface area contributed by atoms with Crippen molar-refractivity contribution in [3.63, 3.8) is 0 Å². The summed E-state index contributed by atoms with van der Waals surface area (Å²) in [5, 5.41) is 3.32. The van der Waals surface area contributed by atoms with Gasteiger partial charge >= 0.3 is 0 Å². The van der Waals surface area contributed by atoms with Crippen molar-refractivity contribution in [1.82, 2.24) is 19.8 Å². The SMILES string of the molecule is CC(C)(C)c1cn(C2CCCC2)c(C(=O)N2CC3(CNC3)C2)n1. The van der Waals surface area contributed by atoms with Crippen molar-refractivity contribution in [1.29, 1.82) is 0 Å². The standard InChI is InChI=1S/C18H28N4O/c1-17(2,3)14-8-22(13-6-4-5-7-13)15(20-14)16(23)21-11-18(12-21)9-19-10-18/h8,13,19H,4-7,9-12H2,1-3H3. The molecule has 1 N–H and O–H groups in total. The average Bonchev–Trinajstić information content (AvgIpc) is 3.03. The topological polar surface area (TPSA) is 50.2 Å². The average molecular weight is 316 g/mol. The highest BCUT2D eigenvalue weighted by atomic mass is 16.2. The van der Waals surface area contributed by atoms with Crippen LogP contribution in [-0.4, -0.2) is 46.5 Å². The zero-order chi connectivity index (χ0) is 16.2. The molecule has 1 amide bonds. The molecule has 0 atom stereocenters. The summed E-state index contributed by atoms with van der Waals surface area (Å²) in [6.45, 7) is 10.4. The number of hydrogen-bond acceptors (Lipinski definition) is 3. The number of carbonyl (C=O) groups excluding carboxylic acids is 1. The van der Waals surface area contributed by atoms with E-state index in [0.29, 0.717) is 17.3 Å². The summed E-state index contributed by atoms with van der Waals surface area (Å²) in [6, 6.07) is 0.457. The van der Waals surface area contributed by atoms with Crippen LogP contribution in [0.5, 0.6) is 0 Å². The summed E-state index contributed by atoms with van der Waals surface area (Å²) in [4.78, 5) is 19.8. The molecule has 2 saturated heterocycles. The van der Waals surface area contributed by atoms with E-state index in [1.807, 2.05) is 4.90 Å². The Hall–Kier alpha value is -1.36. The Morgan fingerprint density at radius 1 is 1.26 bits per heavy atom. The number of rotatable bonds is 2. The zero-order valence-electron chi connectivity index (χ0n) is 14.6. The molecule has 23 heavy (non-hydrogen) atoms. The van der Waals surface area contributed by atoms with Gasteiger partial charge in [0.2, 0.25) is 0 Å². The Morgan fingerprint density at radius 3 is 2.43 bits per heavy atom. The van der Waals surface area contributed by atoms with Crippen LogP contribution < -0.4 is 5.32 Å². The third-order valence-electron chi connectivity index (χ3n) is 5.75. The molecule has 1 aromatic heterocycles. The van der Waals surface area contributed by atoms with Crippen LogP contribution in [0.1, 0.15) is 68.8 Å². The van der Waals surface area contributed by atoms with Crippen molar-refractivity contribution >= 4 is 5.91 Å². The van der Waals surface area contributed by atoms with Crippen molar-refractivity contribution in [3.8, 4) is 0 Å². The Balaban J connectivity index is 1.60. The molecule has 1 saturated carbocycles. The number of carbonyl (C=O) groups is 1. The maximum absolute atomic E-state index is 13.0. The Labute approximate surface area is 138 Å². The molecule has 5 nitrogen and oxygen atoms in total. The van der Waals surface area contributed by atoms with Crippen molar-refractivity contribution in [2.45, 2.75) is 57.9 Å². The Kier molecular flexibility index (Phi) is 3.34. The van der Waals surface area contributed by atoms with Gasteiger partial charge in [0.15, 0.2) is 5.82 Å². The predicted molar refractivity (Wildman–Crippen MR) is 89.6 cm³/mol. The van der Waals surface area contributed by atoms with Crippen LogP contribution in [0, 0.1) is 5.41 Å². The van der Waals surface area contributed by atoms with Crippen molar-refractivity contribution < 1.29 is 4.79 Å². The fourth-order valence-electron chi connectivity index (χ4n) is 4.12. The number of nitrogens with one attached hydrogen (secondary N) is 1. The summed E-state index contributed by atoms with van der Waals surface area (Å²) in [7, 11) is 0. The van der Waals surface area contributed by atoms with Crippen LogP contribution in [0.4, 0.5) is 0 Å². The molecular weight excluding hydrogens is 288 g/mol. The lowest BCUT2D eigenvalue weighted by molar-refractivity contribution is -0.0258. The number of amides is 1. The van der Waals surface area contributed by atoms with Crippen LogP contribution in [0.2, 0.25) is 0 Å². The van der Waals surface area contributed by atoms with Gasteiger partial charge < -0.3 is 14.8 Å². The largest absolute Gasteiger partial charge is 0.335 e. The van der Waals surface area contributed by atoms with Gasteiger partial charge in [-0.05, 0) is 12.8 Å². The van der Waals surface area contributed by atoms with E-state index < -0.39 is 0 Å². The molecule has 3 aliphatic rings. The van der Waals surface area contributed by atoms with Crippen LogP contribution >= 0.6 is 0 Å². The maximum atomic E-state index is 13.0. The van der Waals surface area contributed by atoms with E-state index in [4.69, 9.17) is 4.98 Å². The quantitative estimate of drug-likeness (QED) is 0.911. The monoisotopic (exact) mass is 316 g/mol. The number of aromatic nitrogens is 2. The molecule has 126 valence electrons. The first-order chi connectivity index (χ1) is 10.9. The summed E-state index contributed by atoms with van der Waals surface area (Å²) >= 11 is 0. The fourth-order valence-corrected chi connectivity index (χ4v) is 4.12. The van der Waals surface area contributed by atoms with E-state index >= 15 is 0 Å². The van der Waals surface area contributed by atoms with Crippen molar-refractivity contribution in [3.05, 3.63) is 17.7 Å². The number of likely N-dealkylation sites (tertiary alicyclic amines) is 1. The van der Waals surface area contributed by atoms with Gasteiger partial charge in [0.1, 0.15) is 0 Å². The zero-order valence-corrected chi connectivity index (χ0v) is 14.6. The van der Waals surface area contributed by atoms with E-state index in [1.54, 1.807) is 0 Å². The molecule has 1 aromatic rings. The highest BCUT2D eigenvalue weighted by molar-refractivity contribution is 5.92. The molecular formula is C18H28N4O. The first-order valence-electron chi connectivity index (χ1n) is 8.97. The lowest BCUT2D eigenvalue weighted by atomic mass is 9.74. The van der Waals surface area contributed by atoms with Crippen LogP contribution in [0.15, 0.2) is 6.20 Å². The summed E-state index contributed by atoms with van der Waals surface area (Å²) < 4.78 is 2.19. The van der Waals surface area contributed by atoms with Gasteiger partial charge in [-0.3, -0.25) is 4.79 Å². The highest BCUT2D eigenvalue weighted by Crippen LogP contribution is 2.37. The van der Waals surface area contributed by atoms with E-state index in [-0.39, 0.29) is 11.3 Å². The minimum atomic E-state index is -0.0209. The number of nitrogens with zero attached hydrogens (tertiary/aromatic N) is 3. The molecule has 0 radical (unpaired) electrons. The van der Waals surface area contributed by atoms with E-state index in [0.717, 1.165) is 31.9 Å². The van der Waals surface area contributed by atoms with Crippen molar-refractivity contribution in [2.75, 3.05) is 26.2 Å². The van der Waals surface area contributed by atoms with Crippen LogP contribution in [-0.2, 0) is 5.41 Å². The second-order valence-corrected chi connectivity index (χ2v) is 8.81. The van der Waals surface area contributed by atoms with E-state index in [2.05, 4.69) is 36.9 Å². The second kappa shape index (κ2) is 5.07. The fraction of sp³-hybridized carbons (Fsp3) is 0.778. The van der Waals surface area contributed by atoms with Crippen LogP contribution in [0.25, 0.3) is 0 Å². The van der Waals surface area contributed by atoms with Gasteiger partial charge in [-0.1, -0.05) is 33.6 Å². The minimum Gasteiger partial charge on any atom is -0.335 e. The Morgan fingerprint density at radius 2 is 1.91 bits per heavy atom. The summed E-state index contributed by atoms with van der Waals surface area (Å²) in [6.07, 6.45) is 7.02. The highest BCUT2D eigenvalue weighted by Gasteiger charge is 2.50. The molecule has 0 unspecified atom stereocenters. The van der Waals surface area contributed by atoms with Crippen molar-refractivity contribution in [2.24, 2.45) is 5.41 Å². The maximum Gasteiger partial charge on any atom is 0.289 e. The summed E-state index contributed by atoms with van der Waals surface area (Å²) in [5.41, 5.74) is 1.38. The van der Waals surface area contributed by atoms with Gasteiger partial charge in [-0.25, -0.2) is 4.98 Å². The van der Waals surface area contributed by atoms with E-state index in [1.165, 1.54) is 25.7 Å². The third-order valence-corrected chi connectivity index (χ3v) is 5.75. The number of hydrogen-bond donors (Lipinski definition) is 1. The number of imidazole rings is 1. The second-order valence-electron chi connectivity index (χ2n) is 8.81. The van der Waals surface area contributed by atoms with Gasteiger partial charge in [-0.2, -0.15) is 0 Å². The molecule has 2 aliphatic heterocycles. The lowest BCUT2D eigenvalue weighted by Gasteiger charge is -2.55. The molecule has 5 heteroatoms. The Bertz CT molecular complexity index is 609. The summed E-state index contributed by atoms with van der Waals surface area (Å²) in [5.74, 6) is 0.800. The van der Waals surface area contributed by atoms with Gasteiger partial charge in [0.25, 0.3) is 5.91 Å². The molecule has 3 fully saturated rings. The first kappa shape index (κ1) is 15.2. The lowest BCUT2D eigenvalue weighted by Crippen LogP contribution is -2.72. The minimum absolute atomic E-state index is 0.0209. The molecule has 0 bridgehead atoms.